The number of hydrogen-bond acceptors (Lipinski definition) is 6. The van der Waals surface area contributed by atoms with Gasteiger partial charge in [0.25, 0.3) is 20.2 Å². The first-order chi connectivity index (χ1) is 7.64. The number of hydrogen-bond donors (Lipinski definition) is 2. The Morgan fingerprint density at radius 1 is 1.00 bits per heavy atom. The second-order valence-electron chi connectivity index (χ2n) is 2.82. The predicted molar refractivity (Wildman–Crippen MR) is 66.5 cm³/mol. The molecule has 0 saturated carbocycles. The fourth-order valence-corrected chi connectivity index (χ4v) is 2.24. The zero-order chi connectivity index (χ0) is 13.3. The fraction of sp³-hybridized carbons (Fsp3) is 0. The van der Waals surface area contributed by atoms with Gasteiger partial charge in [0.1, 0.15) is 0 Å². The van der Waals surface area contributed by atoms with Crippen molar-refractivity contribution in [2.45, 2.75) is 9.79 Å². The number of rotatable bonds is 3. The Labute approximate surface area is 131 Å². The summed E-state index contributed by atoms with van der Waals surface area (Å²) >= 11 is 4.27. The van der Waals surface area contributed by atoms with E-state index in [0.717, 1.165) is 12.1 Å². The van der Waals surface area contributed by atoms with E-state index in [1.54, 1.807) is 0 Å². The average Bonchev–Trinajstić information content (AvgIpc) is 2.15. The van der Waals surface area contributed by atoms with Crippen molar-refractivity contribution >= 4 is 72.9 Å². The van der Waals surface area contributed by atoms with Crippen molar-refractivity contribution in [3.8, 4) is 0 Å². The minimum atomic E-state index is -4.62. The van der Waals surface area contributed by atoms with E-state index in [0.29, 0.717) is 6.07 Å². The molecule has 2 N–H and O–H groups in total. The summed E-state index contributed by atoms with van der Waals surface area (Å²) in [4.78, 5) is 1.92. The average molecular weight is 318 g/mol. The maximum atomic E-state index is 10.9. The Morgan fingerprint density at radius 3 is 1.67 bits per heavy atom. The van der Waals surface area contributed by atoms with Crippen molar-refractivity contribution in [3.63, 3.8) is 0 Å². The van der Waals surface area contributed by atoms with E-state index >= 15 is 0 Å². The molecule has 0 aliphatic carbocycles. The molecule has 1 aromatic rings. The van der Waals surface area contributed by atoms with Crippen LogP contribution in [0.2, 0.25) is 0 Å². The van der Waals surface area contributed by atoms with Crippen LogP contribution in [0.1, 0.15) is 0 Å². The van der Waals surface area contributed by atoms with Crippen LogP contribution >= 0.6 is 12.2 Å². The van der Waals surface area contributed by atoms with Crippen molar-refractivity contribution in [1.29, 1.82) is 0 Å². The molecule has 0 unspecified atom stereocenters. The van der Waals surface area contributed by atoms with E-state index in [9.17, 15) is 16.8 Å². The maximum Gasteiger partial charge on any atom is 0.294 e. The predicted octanol–water partition coefficient (Wildman–Crippen LogP) is 0.534. The maximum absolute atomic E-state index is 10.9. The van der Waals surface area contributed by atoms with Crippen molar-refractivity contribution in [3.05, 3.63) is 18.2 Å². The van der Waals surface area contributed by atoms with E-state index in [4.69, 9.17) is 9.11 Å². The van der Waals surface area contributed by atoms with E-state index in [1.807, 2.05) is 5.16 Å². The van der Waals surface area contributed by atoms with Gasteiger partial charge < -0.3 is 0 Å². The molecule has 0 amide bonds. The quantitative estimate of drug-likeness (QED) is 0.361. The number of aliphatic imine (C=N–C) groups is 1. The summed E-state index contributed by atoms with van der Waals surface area (Å²) in [5, 5.41) is 1.90. The van der Waals surface area contributed by atoms with Gasteiger partial charge in [-0.1, -0.05) is 0 Å². The molecule has 0 atom stereocenters. The largest absolute Gasteiger partial charge is 0.294 e. The second kappa shape index (κ2) is 6.33. The van der Waals surface area contributed by atoms with Crippen molar-refractivity contribution in [2.75, 3.05) is 0 Å². The molecule has 18 heavy (non-hydrogen) atoms. The summed E-state index contributed by atoms with van der Waals surface area (Å²) in [6, 6.07) is 2.35. The van der Waals surface area contributed by atoms with Gasteiger partial charge in [-0.25, -0.2) is 0 Å². The molecule has 0 bridgehead atoms. The van der Waals surface area contributed by atoms with Crippen LogP contribution < -0.4 is 0 Å². The molecule has 0 heterocycles. The van der Waals surface area contributed by atoms with Crippen molar-refractivity contribution < 1.29 is 25.9 Å². The van der Waals surface area contributed by atoms with E-state index in [2.05, 4.69) is 17.2 Å². The third kappa shape index (κ3) is 4.84. The van der Waals surface area contributed by atoms with Crippen LogP contribution in [0.5, 0.6) is 0 Å². The fourth-order valence-electron chi connectivity index (χ4n) is 0.972. The second-order valence-corrected chi connectivity index (χ2v) is 5.84. The minimum absolute atomic E-state index is 0. The number of nitrogens with zero attached hydrogens (tertiary/aromatic N) is 1. The van der Waals surface area contributed by atoms with Gasteiger partial charge in [0.15, 0.2) is 0 Å². The zero-order valence-corrected chi connectivity index (χ0v) is 13.4. The van der Waals surface area contributed by atoms with Gasteiger partial charge >= 0.3 is 0 Å². The first-order valence-electron chi connectivity index (χ1n) is 3.82. The molecule has 93 valence electrons. The first-order valence-corrected chi connectivity index (χ1v) is 7.11. The topological polar surface area (TPSA) is 121 Å². The van der Waals surface area contributed by atoms with Crippen LogP contribution in [0.3, 0.4) is 0 Å². The number of isothiocyanates is 1. The summed E-state index contributed by atoms with van der Waals surface area (Å²) in [7, 11) is -9.25. The van der Waals surface area contributed by atoms with Gasteiger partial charge in [0, 0.05) is 29.6 Å². The monoisotopic (exact) mass is 318 g/mol. The SMILES string of the molecule is O=S(=O)(O)c1cc(N=C=S)cc(S(=O)(=O)O)c1.[Na]. The Bertz CT molecular complexity index is 654. The van der Waals surface area contributed by atoms with Crippen LogP contribution in [0.4, 0.5) is 5.69 Å². The van der Waals surface area contributed by atoms with E-state index in [1.165, 1.54) is 0 Å². The molecular formula is C7H5NNaO6S3. The summed E-state index contributed by atoms with van der Waals surface area (Å²) < 4.78 is 61.0. The van der Waals surface area contributed by atoms with Crippen LogP contribution in [0.25, 0.3) is 0 Å². The molecule has 1 radical (unpaired) electrons. The van der Waals surface area contributed by atoms with Gasteiger partial charge in [0.05, 0.1) is 20.6 Å². The summed E-state index contributed by atoms with van der Waals surface area (Å²) in [6.07, 6.45) is 0. The molecular weight excluding hydrogens is 313 g/mol. The Balaban J connectivity index is 0.00000289. The van der Waals surface area contributed by atoms with Crippen LogP contribution in [0, 0.1) is 0 Å². The molecule has 0 spiro atoms. The minimum Gasteiger partial charge on any atom is -0.282 e. The Morgan fingerprint density at radius 2 is 1.39 bits per heavy atom. The molecule has 1 rings (SSSR count). The Hall–Kier alpha value is -0.160. The summed E-state index contributed by atoms with van der Waals surface area (Å²) in [5.74, 6) is 0. The normalized spacial score (nSPS) is 11.2. The summed E-state index contributed by atoms with van der Waals surface area (Å²) in [5.41, 5.74) is -0.178. The van der Waals surface area contributed by atoms with Gasteiger partial charge in [-0.3, -0.25) is 9.11 Å². The smallest absolute Gasteiger partial charge is 0.282 e. The zero-order valence-electron chi connectivity index (χ0n) is 8.93. The van der Waals surface area contributed by atoms with Crippen molar-refractivity contribution in [1.82, 2.24) is 0 Å². The van der Waals surface area contributed by atoms with Gasteiger partial charge in [-0.05, 0) is 30.4 Å². The van der Waals surface area contributed by atoms with Crippen LogP contribution in [0.15, 0.2) is 33.0 Å². The van der Waals surface area contributed by atoms with Gasteiger partial charge in [0.2, 0.25) is 0 Å². The molecule has 0 aromatic heterocycles. The molecule has 0 saturated heterocycles. The molecule has 0 fully saturated rings. The van der Waals surface area contributed by atoms with Gasteiger partial charge in [-0.2, -0.15) is 21.8 Å². The van der Waals surface area contributed by atoms with Crippen LogP contribution in [-0.4, -0.2) is 60.7 Å². The number of benzene rings is 1. The van der Waals surface area contributed by atoms with Crippen LogP contribution in [-0.2, 0) is 20.2 Å². The molecule has 7 nitrogen and oxygen atoms in total. The molecule has 0 aliphatic heterocycles. The molecule has 0 aliphatic rings. The van der Waals surface area contributed by atoms with E-state index < -0.39 is 30.0 Å². The first kappa shape index (κ1) is 17.8. The summed E-state index contributed by atoms with van der Waals surface area (Å²) in [6.45, 7) is 0. The third-order valence-electron chi connectivity index (χ3n) is 1.64. The number of thiocarbonyl (C=S) groups is 1. The molecule has 11 heteroatoms. The van der Waals surface area contributed by atoms with Gasteiger partial charge in [-0.15, -0.1) is 0 Å². The van der Waals surface area contributed by atoms with Crippen molar-refractivity contribution in [2.24, 2.45) is 4.99 Å². The Kier molecular flexibility index (Phi) is 6.27. The third-order valence-corrected chi connectivity index (χ3v) is 3.39. The standard InChI is InChI=1S/C7H5NO6S3.Na/c9-16(10,11)6-1-5(8-4-15)2-7(3-6)17(12,13)14;/h1-3H,(H,9,10,11)(H,12,13,14);. The van der Waals surface area contributed by atoms with E-state index in [-0.39, 0.29) is 35.2 Å². The molecule has 1 aromatic carbocycles.